The number of benzene rings is 3. The Hall–Kier alpha value is -4.82. The number of nitrogens with one attached hydrogen (secondary N) is 3. The van der Waals surface area contributed by atoms with Crippen molar-refractivity contribution in [3.05, 3.63) is 92.8 Å². The molecular formula is C32H34BrFN4O8. The fraction of sp³-hybridized carbons (Fsp3) is 0.281. The summed E-state index contributed by atoms with van der Waals surface area (Å²) in [5.41, 5.74) is 4.82. The Kier molecular flexibility index (Phi) is 11.8. The molecule has 4 N–H and O–H groups in total. The van der Waals surface area contributed by atoms with Crippen LogP contribution in [-0.2, 0) is 16.1 Å². The van der Waals surface area contributed by atoms with Crippen LogP contribution in [0.5, 0.6) is 23.0 Å². The van der Waals surface area contributed by atoms with Crippen LogP contribution in [0.1, 0.15) is 36.6 Å². The lowest BCUT2D eigenvalue weighted by Gasteiger charge is -2.28. The van der Waals surface area contributed by atoms with Crippen molar-refractivity contribution in [2.24, 2.45) is 5.10 Å². The SMILES string of the molecule is CCOc1cc([C@H]2NC(=O)NC(C)=C2C(=O)OC)ccc1OC[C@@H](O)N/N=C\c1cc(OC)c(OCc2ccccc2F)cc1Br. The van der Waals surface area contributed by atoms with Crippen LogP contribution in [0.15, 0.2) is 75.4 Å². The molecule has 2 atom stereocenters. The van der Waals surface area contributed by atoms with Crippen molar-refractivity contribution in [3.63, 3.8) is 0 Å². The molecule has 1 aliphatic rings. The molecule has 14 heteroatoms. The summed E-state index contributed by atoms with van der Waals surface area (Å²) in [5.74, 6) is 0.538. The maximum Gasteiger partial charge on any atom is 0.337 e. The molecule has 0 spiro atoms. The zero-order valence-corrected chi connectivity index (χ0v) is 27.1. The summed E-state index contributed by atoms with van der Waals surface area (Å²) in [5, 5.41) is 19.9. The van der Waals surface area contributed by atoms with Gasteiger partial charge in [0.25, 0.3) is 0 Å². The number of hydrazone groups is 1. The van der Waals surface area contributed by atoms with Crippen molar-refractivity contribution >= 4 is 34.1 Å². The van der Waals surface area contributed by atoms with Gasteiger partial charge in [0.05, 0.1) is 38.7 Å². The fourth-order valence-electron chi connectivity index (χ4n) is 4.51. The zero-order valence-electron chi connectivity index (χ0n) is 25.6. The van der Waals surface area contributed by atoms with Gasteiger partial charge in [-0.15, -0.1) is 0 Å². The molecule has 2 amide bonds. The number of esters is 1. The predicted octanol–water partition coefficient (Wildman–Crippen LogP) is 4.70. The summed E-state index contributed by atoms with van der Waals surface area (Å²) < 4.78 is 42.3. The van der Waals surface area contributed by atoms with Gasteiger partial charge in [0, 0.05) is 21.3 Å². The average Bonchev–Trinajstić information content (AvgIpc) is 3.04. The first-order valence-electron chi connectivity index (χ1n) is 14.1. The largest absolute Gasteiger partial charge is 0.493 e. The van der Waals surface area contributed by atoms with E-state index in [2.05, 4.69) is 37.1 Å². The molecule has 0 saturated heterocycles. The van der Waals surface area contributed by atoms with E-state index in [9.17, 15) is 19.1 Å². The van der Waals surface area contributed by atoms with E-state index < -0.39 is 24.3 Å². The van der Waals surface area contributed by atoms with Crippen molar-refractivity contribution in [3.8, 4) is 23.0 Å². The second-order valence-electron chi connectivity index (χ2n) is 9.82. The van der Waals surface area contributed by atoms with Gasteiger partial charge in [-0.3, -0.25) is 5.43 Å². The van der Waals surface area contributed by atoms with Gasteiger partial charge in [-0.2, -0.15) is 5.10 Å². The lowest BCUT2D eigenvalue weighted by atomic mass is 9.95. The summed E-state index contributed by atoms with van der Waals surface area (Å²) in [7, 11) is 2.75. The number of aliphatic hydroxyl groups is 1. The number of nitrogens with zero attached hydrogens (tertiary/aromatic N) is 1. The smallest absolute Gasteiger partial charge is 0.337 e. The number of rotatable bonds is 14. The van der Waals surface area contributed by atoms with Crippen LogP contribution in [0.3, 0.4) is 0 Å². The van der Waals surface area contributed by atoms with E-state index in [4.69, 9.17) is 23.7 Å². The van der Waals surface area contributed by atoms with Gasteiger partial charge in [-0.1, -0.05) is 24.3 Å². The topological polar surface area (TPSA) is 149 Å². The van der Waals surface area contributed by atoms with E-state index in [1.54, 1.807) is 62.4 Å². The monoisotopic (exact) mass is 700 g/mol. The van der Waals surface area contributed by atoms with E-state index in [-0.39, 0.29) is 24.6 Å². The van der Waals surface area contributed by atoms with Crippen molar-refractivity contribution < 1.29 is 42.8 Å². The van der Waals surface area contributed by atoms with Crippen molar-refractivity contribution in [1.29, 1.82) is 0 Å². The van der Waals surface area contributed by atoms with Crippen LogP contribution < -0.4 is 35.0 Å². The minimum atomic E-state index is -1.20. The summed E-state index contributed by atoms with van der Waals surface area (Å²) in [6, 6.07) is 13.4. The Morgan fingerprint density at radius 2 is 1.85 bits per heavy atom. The number of ether oxygens (including phenoxy) is 5. The molecule has 12 nitrogen and oxygen atoms in total. The number of methoxy groups -OCH3 is 2. The highest BCUT2D eigenvalue weighted by atomic mass is 79.9. The van der Waals surface area contributed by atoms with E-state index in [1.165, 1.54) is 26.5 Å². The van der Waals surface area contributed by atoms with Crippen LogP contribution >= 0.6 is 15.9 Å². The van der Waals surface area contributed by atoms with E-state index >= 15 is 0 Å². The van der Waals surface area contributed by atoms with Gasteiger partial charge < -0.3 is 39.4 Å². The van der Waals surface area contributed by atoms with Gasteiger partial charge in [0.15, 0.2) is 29.2 Å². The summed E-state index contributed by atoms with van der Waals surface area (Å²) in [6.07, 6.45) is 0.271. The van der Waals surface area contributed by atoms with Crippen LogP contribution in [0.25, 0.3) is 0 Å². The molecule has 0 aromatic heterocycles. The summed E-state index contributed by atoms with van der Waals surface area (Å²) in [4.78, 5) is 24.6. The maximum atomic E-state index is 14.0. The number of carbonyl (C=O) groups is 2. The zero-order chi connectivity index (χ0) is 33.2. The van der Waals surface area contributed by atoms with Crippen molar-refractivity contribution in [2.75, 3.05) is 27.4 Å². The van der Waals surface area contributed by atoms with Gasteiger partial charge in [0.1, 0.15) is 19.0 Å². The molecule has 1 aliphatic heterocycles. The molecule has 0 fully saturated rings. The number of allylic oxidation sites excluding steroid dienone is 1. The maximum absolute atomic E-state index is 14.0. The first-order chi connectivity index (χ1) is 22.1. The summed E-state index contributed by atoms with van der Waals surface area (Å²) in [6.45, 7) is 3.55. The summed E-state index contributed by atoms with van der Waals surface area (Å²) >= 11 is 3.47. The minimum absolute atomic E-state index is 0.0181. The molecule has 244 valence electrons. The molecule has 4 rings (SSSR count). The highest BCUT2D eigenvalue weighted by molar-refractivity contribution is 9.10. The third-order valence-electron chi connectivity index (χ3n) is 6.72. The number of aliphatic hydroxyl groups excluding tert-OH is 1. The standard InChI is InChI=1S/C32H34BrFN4O8/c1-5-44-26-12-19(30-29(31(40)43-4)18(2)36-32(41)37-30)10-11-24(26)46-17-28(39)38-35-15-21-13-25(42-3)27(14-22(21)33)45-16-20-8-6-7-9-23(20)34/h6-15,28,30,38-39H,5,16-17H2,1-4H3,(H2,36,37,41)/b35-15-/t28-,30-/m1/s1. The Bertz CT molecular complexity index is 1630. The number of carbonyl (C=O) groups excluding carboxylic acids is 2. The molecular weight excluding hydrogens is 667 g/mol. The molecule has 0 saturated carbocycles. The molecule has 0 radical (unpaired) electrons. The minimum Gasteiger partial charge on any atom is -0.493 e. The number of urea groups is 1. The second kappa shape index (κ2) is 16.0. The molecule has 46 heavy (non-hydrogen) atoms. The van der Waals surface area contributed by atoms with Crippen molar-refractivity contribution in [2.45, 2.75) is 32.7 Å². The average molecular weight is 702 g/mol. The third kappa shape index (κ3) is 8.46. The van der Waals surface area contributed by atoms with E-state index in [1.807, 2.05) is 0 Å². The Labute approximate surface area is 273 Å². The van der Waals surface area contributed by atoms with Crippen LogP contribution in [0.4, 0.5) is 9.18 Å². The third-order valence-corrected chi connectivity index (χ3v) is 7.41. The normalized spacial score (nSPS) is 15.1. The van der Waals surface area contributed by atoms with Gasteiger partial charge in [-0.05, 0) is 65.7 Å². The lowest BCUT2D eigenvalue weighted by molar-refractivity contribution is -0.136. The van der Waals surface area contributed by atoms with Gasteiger partial charge in [-0.25, -0.2) is 14.0 Å². The Morgan fingerprint density at radius 1 is 1.09 bits per heavy atom. The molecule has 3 aromatic rings. The van der Waals surface area contributed by atoms with Crippen LogP contribution in [0, 0.1) is 5.82 Å². The number of halogens is 2. The first-order valence-corrected chi connectivity index (χ1v) is 14.9. The molecule has 0 unspecified atom stereocenters. The number of amides is 2. The molecule has 0 aliphatic carbocycles. The highest BCUT2D eigenvalue weighted by Crippen LogP contribution is 2.35. The van der Waals surface area contributed by atoms with E-state index in [0.29, 0.717) is 56.5 Å². The molecule has 1 heterocycles. The molecule has 3 aromatic carbocycles. The van der Waals surface area contributed by atoms with Crippen LogP contribution in [0.2, 0.25) is 0 Å². The number of hydrogen-bond donors (Lipinski definition) is 4. The Balaban J connectivity index is 1.39. The first kappa shape index (κ1) is 34.1. The highest BCUT2D eigenvalue weighted by Gasteiger charge is 2.32. The quantitative estimate of drug-likeness (QED) is 0.0813. The Morgan fingerprint density at radius 3 is 2.57 bits per heavy atom. The molecule has 0 bridgehead atoms. The fourth-order valence-corrected chi connectivity index (χ4v) is 4.93. The second-order valence-corrected chi connectivity index (χ2v) is 10.7. The van der Waals surface area contributed by atoms with Crippen molar-refractivity contribution in [1.82, 2.24) is 16.1 Å². The number of hydrogen-bond acceptors (Lipinski definition) is 10. The van der Waals surface area contributed by atoms with E-state index in [0.717, 1.165) is 0 Å². The lowest BCUT2D eigenvalue weighted by Crippen LogP contribution is -2.45. The van der Waals surface area contributed by atoms with Gasteiger partial charge in [0.2, 0.25) is 0 Å². The van der Waals surface area contributed by atoms with Crippen LogP contribution in [-0.4, -0.2) is 57.0 Å². The van der Waals surface area contributed by atoms with Gasteiger partial charge >= 0.3 is 12.0 Å². The predicted molar refractivity (Wildman–Crippen MR) is 170 cm³/mol.